The van der Waals surface area contributed by atoms with Crippen molar-refractivity contribution < 1.29 is 24.2 Å². The van der Waals surface area contributed by atoms with Crippen LogP contribution >= 0.6 is 0 Å². The SMILES string of the molecule is COCCOc1ccccc1C1C(C(=O)CC(C)C)=C(O)C(=O)N1c1ccccc1. The van der Waals surface area contributed by atoms with Crippen molar-refractivity contribution in [1.82, 2.24) is 0 Å². The van der Waals surface area contributed by atoms with Crippen LogP contribution in [-0.2, 0) is 14.3 Å². The Balaban J connectivity index is 2.12. The van der Waals surface area contributed by atoms with E-state index in [4.69, 9.17) is 9.47 Å². The van der Waals surface area contributed by atoms with Gasteiger partial charge in [-0.15, -0.1) is 0 Å². The largest absolute Gasteiger partial charge is 0.503 e. The summed E-state index contributed by atoms with van der Waals surface area (Å²) in [6.07, 6.45) is 0.235. The molecule has 0 saturated heterocycles. The van der Waals surface area contributed by atoms with Gasteiger partial charge in [-0.05, 0) is 24.1 Å². The van der Waals surface area contributed by atoms with E-state index in [1.165, 1.54) is 4.90 Å². The van der Waals surface area contributed by atoms with Crippen LogP contribution in [0.2, 0.25) is 0 Å². The molecule has 0 bridgehead atoms. The number of nitrogens with zero attached hydrogens (tertiary/aromatic N) is 1. The molecule has 2 aromatic carbocycles. The van der Waals surface area contributed by atoms with E-state index in [0.717, 1.165) is 0 Å². The summed E-state index contributed by atoms with van der Waals surface area (Å²) in [6.45, 7) is 4.58. The highest BCUT2D eigenvalue weighted by Gasteiger charge is 2.45. The zero-order valence-corrected chi connectivity index (χ0v) is 17.5. The number of aliphatic hydroxyl groups is 1. The molecule has 1 atom stereocenters. The third kappa shape index (κ3) is 4.39. The number of Topliss-reactive ketones (excluding diaryl/α,β-unsaturated/α-hetero) is 1. The second-order valence-electron chi connectivity index (χ2n) is 7.58. The van der Waals surface area contributed by atoms with Crippen LogP contribution < -0.4 is 9.64 Å². The van der Waals surface area contributed by atoms with Gasteiger partial charge in [0.25, 0.3) is 5.91 Å². The van der Waals surface area contributed by atoms with Crippen molar-refractivity contribution in [2.24, 2.45) is 5.92 Å². The van der Waals surface area contributed by atoms with E-state index in [9.17, 15) is 14.7 Å². The van der Waals surface area contributed by atoms with Crippen molar-refractivity contribution in [2.75, 3.05) is 25.2 Å². The highest BCUT2D eigenvalue weighted by Crippen LogP contribution is 2.44. The fraction of sp³-hybridized carbons (Fsp3) is 0.333. The van der Waals surface area contributed by atoms with Crippen LogP contribution in [0.25, 0.3) is 0 Å². The topological polar surface area (TPSA) is 76.1 Å². The number of benzene rings is 2. The van der Waals surface area contributed by atoms with Gasteiger partial charge in [0.15, 0.2) is 11.5 Å². The Kier molecular flexibility index (Phi) is 6.90. The number of amides is 1. The Labute approximate surface area is 176 Å². The standard InChI is InChI=1S/C24H27NO5/c1-16(2)15-19(26)21-22(18-11-7-8-12-20(18)30-14-13-29-3)25(24(28)23(21)27)17-9-5-4-6-10-17/h4-12,16,22,27H,13-15H2,1-3H3. The number of carbonyl (C=O) groups is 2. The lowest BCUT2D eigenvalue weighted by atomic mass is 9.91. The number of aliphatic hydroxyl groups excluding tert-OH is 1. The van der Waals surface area contributed by atoms with Crippen molar-refractivity contribution in [3.63, 3.8) is 0 Å². The predicted octanol–water partition coefficient (Wildman–Crippen LogP) is 4.23. The molecular weight excluding hydrogens is 382 g/mol. The molecule has 158 valence electrons. The molecule has 1 unspecified atom stereocenters. The third-order valence-corrected chi connectivity index (χ3v) is 4.90. The molecule has 1 aliphatic heterocycles. The van der Waals surface area contributed by atoms with Crippen molar-refractivity contribution in [3.05, 3.63) is 71.5 Å². The molecule has 0 radical (unpaired) electrons. The van der Waals surface area contributed by atoms with Gasteiger partial charge in [-0.2, -0.15) is 0 Å². The summed E-state index contributed by atoms with van der Waals surface area (Å²) in [5, 5.41) is 10.7. The number of methoxy groups -OCH3 is 1. The second kappa shape index (κ2) is 9.59. The minimum absolute atomic E-state index is 0.0903. The van der Waals surface area contributed by atoms with Crippen molar-refractivity contribution in [2.45, 2.75) is 26.3 Å². The van der Waals surface area contributed by atoms with Gasteiger partial charge in [-0.1, -0.05) is 50.2 Å². The lowest BCUT2D eigenvalue weighted by molar-refractivity contribution is -0.118. The van der Waals surface area contributed by atoms with Gasteiger partial charge in [0.2, 0.25) is 0 Å². The fourth-order valence-electron chi connectivity index (χ4n) is 3.59. The van der Waals surface area contributed by atoms with Gasteiger partial charge >= 0.3 is 0 Å². The molecule has 30 heavy (non-hydrogen) atoms. The van der Waals surface area contributed by atoms with Crippen molar-refractivity contribution >= 4 is 17.4 Å². The summed E-state index contributed by atoms with van der Waals surface area (Å²) in [6, 6.07) is 15.5. The maximum absolute atomic E-state index is 13.1. The molecule has 6 nitrogen and oxygen atoms in total. The quantitative estimate of drug-likeness (QED) is 0.628. The normalized spacial score (nSPS) is 16.5. The van der Waals surface area contributed by atoms with E-state index in [-0.39, 0.29) is 23.7 Å². The third-order valence-electron chi connectivity index (χ3n) is 4.90. The summed E-state index contributed by atoms with van der Waals surface area (Å²) in [7, 11) is 1.59. The molecule has 2 aromatic rings. The van der Waals surface area contributed by atoms with Crippen molar-refractivity contribution in [1.29, 1.82) is 0 Å². The van der Waals surface area contributed by atoms with E-state index < -0.39 is 17.7 Å². The minimum atomic E-state index is -0.773. The van der Waals surface area contributed by atoms with E-state index in [1.54, 1.807) is 25.3 Å². The maximum atomic E-state index is 13.1. The summed E-state index contributed by atoms with van der Waals surface area (Å²) in [5.41, 5.74) is 1.35. The van der Waals surface area contributed by atoms with E-state index in [1.807, 2.05) is 50.2 Å². The molecule has 6 heteroatoms. The summed E-state index contributed by atoms with van der Waals surface area (Å²) in [4.78, 5) is 27.6. The molecule has 1 N–H and O–H groups in total. The second-order valence-corrected chi connectivity index (χ2v) is 7.58. The number of para-hydroxylation sites is 2. The molecule has 0 aromatic heterocycles. The molecule has 0 fully saturated rings. The molecule has 1 amide bonds. The van der Waals surface area contributed by atoms with Crippen LogP contribution in [0.5, 0.6) is 5.75 Å². The zero-order chi connectivity index (χ0) is 21.7. The Morgan fingerprint density at radius 1 is 1.07 bits per heavy atom. The Morgan fingerprint density at radius 3 is 2.40 bits per heavy atom. The first kappa shape index (κ1) is 21.6. The summed E-state index contributed by atoms with van der Waals surface area (Å²) < 4.78 is 10.9. The maximum Gasteiger partial charge on any atom is 0.294 e. The highest BCUT2D eigenvalue weighted by molar-refractivity contribution is 6.16. The predicted molar refractivity (Wildman–Crippen MR) is 115 cm³/mol. The van der Waals surface area contributed by atoms with E-state index >= 15 is 0 Å². The van der Waals surface area contributed by atoms with Crippen molar-refractivity contribution in [3.8, 4) is 5.75 Å². The Bertz CT molecular complexity index is 936. The Hall–Kier alpha value is -3.12. The number of ketones is 1. The number of hydrogen-bond acceptors (Lipinski definition) is 5. The molecule has 3 rings (SSSR count). The number of rotatable bonds is 9. The fourth-order valence-corrected chi connectivity index (χ4v) is 3.59. The van der Waals surface area contributed by atoms with Gasteiger partial charge in [-0.3, -0.25) is 14.5 Å². The number of ether oxygens (including phenoxy) is 2. The van der Waals surface area contributed by atoms with E-state index in [2.05, 4.69) is 0 Å². The van der Waals surface area contributed by atoms with Gasteiger partial charge < -0.3 is 14.6 Å². The van der Waals surface area contributed by atoms with Gasteiger partial charge in [0.05, 0.1) is 18.2 Å². The zero-order valence-electron chi connectivity index (χ0n) is 17.5. The Morgan fingerprint density at radius 2 is 1.73 bits per heavy atom. The molecular formula is C24H27NO5. The lowest BCUT2D eigenvalue weighted by Crippen LogP contribution is -2.31. The molecule has 1 heterocycles. The van der Waals surface area contributed by atoms with Gasteiger partial charge in [0.1, 0.15) is 12.4 Å². The molecule has 1 aliphatic rings. The van der Waals surface area contributed by atoms with E-state index in [0.29, 0.717) is 30.2 Å². The average molecular weight is 409 g/mol. The number of carbonyl (C=O) groups excluding carboxylic acids is 2. The van der Waals surface area contributed by atoms with Gasteiger partial charge in [-0.25, -0.2) is 0 Å². The van der Waals surface area contributed by atoms with Crippen LogP contribution in [0.1, 0.15) is 31.9 Å². The lowest BCUT2D eigenvalue weighted by Gasteiger charge is -2.28. The number of hydrogen-bond donors (Lipinski definition) is 1. The monoisotopic (exact) mass is 409 g/mol. The van der Waals surface area contributed by atoms with Crippen LogP contribution in [0.3, 0.4) is 0 Å². The highest BCUT2D eigenvalue weighted by atomic mass is 16.5. The first-order chi connectivity index (χ1) is 14.5. The average Bonchev–Trinajstić information content (AvgIpc) is 2.99. The molecule has 0 saturated carbocycles. The molecule has 0 spiro atoms. The summed E-state index contributed by atoms with van der Waals surface area (Å²) >= 11 is 0. The molecule has 0 aliphatic carbocycles. The first-order valence-corrected chi connectivity index (χ1v) is 10.0. The van der Waals surface area contributed by atoms with Crippen LogP contribution in [0.15, 0.2) is 65.9 Å². The van der Waals surface area contributed by atoms with Crippen LogP contribution in [0.4, 0.5) is 5.69 Å². The number of anilines is 1. The first-order valence-electron chi connectivity index (χ1n) is 10.0. The smallest absolute Gasteiger partial charge is 0.294 e. The van der Waals surface area contributed by atoms with Crippen LogP contribution in [-0.4, -0.2) is 37.1 Å². The summed E-state index contributed by atoms with van der Waals surface area (Å²) in [5.74, 6) is -0.706. The van der Waals surface area contributed by atoms with Gasteiger partial charge in [0, 0.05) is 24.8 Å². The minimum Gasteiger partial charge on any atom is -0.503 e. The van der Waals surface area contributed by atoms with Crippen LogP contribution in [0, 0.1) is 5.92 Å².